The molecule has 1 aromatic carbocycles. The molecule has 30 heavy (non-hydrogen) atoms. The lowest BCUT2D eigenvalue weighted by Gasteiger charge is -2.39. The van der Waals surface area contributed by atoms with Crippen LogP contribution in [0, 0.1) is 11.3 Å². The topological polar surface area (TPSA) is 95.3 Å². The van der Waals surface area contributed by atoms with Crippen LogP contribution in [0.3, 0.4) is 0 Å². The molecule has 0 bridgehead atoms. The van der Waals surface area contributed by atoms with Gasteiger partial charge in [0.05, 0.1) is 23.8 Å². The van der Waals surface area contributed by atoms with E-state index < -0.39 is 0 Å². The number of amides is 1. The molecular formula is C23H26N4O3. The fourth-order valence-corrected chi connectivity index (χ4v) is 3.72. The van der Waals surface area contributed by atoms with Gasteiger partial charge in [-0.2, -0.15) is 5.26 Å². The number of pyridine rings is 1. The Morgan fingerprint density at radius 2 is 2.13 bits per heavy atom. The molecule has 0 aliphatic carbocycles. The predicted molar refractivity (Wildman–Crippen MR) is 114 cm³/mol. The Kier molecular flexibility index (Phi) is 6.68. The van der Waals surface area contributed by atoms with E-state index in [9.17, 15) is 9.59 Å². The van der Waals surface area contributed by atoms with Crippen LogP contribution in [0.5, 0.6) is 0 Å². The van der Waals surface area contributed by atoms with Crippen LogP contribution in [0.1, 0.15) is 67.6 Å². The first-order valence-electron chi connectivity index (χ1n) is 10.2. The molecule has 156 valence electrons. The summed E-state index contributed by atoms with van der Waals surface area (Å²) in [4.78, 5) is 30.8. The quantitative estimate of drug-likeness (QED) is 0.570. The highest BCUT2D eigenvalue weighted by molar-refractivity contribution is 5.96. The lowest BCUT2D eigenvalue weighted by atomic mass is 9.90. The third-order valence-electron chi connectivity index (χ3n) is 5.20. The van der Waals surface area contributed by atoms with E-state index in [1.165, 1.54) is 6.20 Å². The summed E-state index contributed by atoms with van der Waals surface area (Å²) in [6.45, 7) is 5.97. The number of aromatic nitrogens is 1. The molecule has 1 aromatic heterocycles. The van der Waals surface area contributed by atoms with Gasteiger partial charge in [-0.1, -0.05) is 13.3 Å². The first-order valence-corrected chi connectivity index (χ1v) is 10.2. The fraction of sp³-hybridized carbons (Fsp3) is 0.391. The van der Waals surface area contributed by atoms with Crippen molar-refractivity contribution in [3.8, 4) is 6.07 Å². The number of hydrogen-bond donors (Lipinski definition) is 1. The summed E-state index contributed by atoms with van der Waals surface area (Å²) < 4.78 is 5.35. The number of nitrogens with one attached hydrogen (secondary N) is 1. The SMILES string of the molecule is CCCCOC(=O)c1ccc2c(c1)[C@H](Nc1ccc(C#N)cn1)C[C@H](C)N2C(C)=O. The van der Waals surface area contributed by atoms with Crippen molar-refractivity contribution in [2.75, 3.05) is 16.8 Å². The van der Waals surface area contributed by atoms with Crippen LogP contribution in [0.4, 0.5) is 11.5 Å². The van der Waals surface area contributed by atoms with Crippen molar-refractivity contribution in [3.05, 3.63) is 53.2 Å². The molecule has 2 heterocycles. The predicted octanol–water partition coefficient (Wildman–Crippen LogP) is 4.21. The number of hydrogen-bond acceptors (Lipinski definition) is 6. The van der Waals surface area contributed by atoms with E-state index in [0.29, 0.717) is 30.0 Å². The smallest absolute Gasteiger partial charge is 0.338 e. The average Bonchev–Trinajstić information content (AvgIpc) is 2.73. The van der Waals surface area contributed by atoms with Crippen molar-refractivity contribution in [1.82, 2.24) is 4.98 Å². The average molecular weight is 406 g/mol. The van der Waals surface area contributed by atoms with E-state index in [2.05, 4.69) is 16.4 Å². The maximum absolute atomic E-state index is 12.5. The Labute approximate surface area is 176 Å². The summed E-state index contributed by atoms with van der Waals surface area (Å²) >= 11 is 0. The number of esters is 1. The molecule has 3 rings (SSSR count). The standard InChI is InChI=1S/C23H26N4O3/c1-4-5-10-30-23(29)18-7-8-21-19(12-18)20(11-15(2)27(21)16(3)28)26-22-9-6-17(13-24)14-25-22/h6-9,12,14-15,20H,4-5,10-11H2,1-3H3,(H,25,26)/t15-,20+/m0/s1. The zero-order valence-electron chi connectivity index (χ0n) is 17.5. The van der Waals surface area contributed by atoms with Gasteiger partial charge in [-0.25, -0.2) is 9.78 Å². The second-order valence-corrected chi connectivity index (χ2v) is 7.48. The normalized spacial score (nSPS) is 17.6. The van der Waals surface area contributed by atoms with Crippen LogP contribution < -0.4 is 10.2 Å². The van der Waals surface area contributed by atoms with Crippen molar-refractivity contribution in [1.29, 1.82) is 5.26 Å². The van der Waals surface area contributed by atoms with Gasteiger partial charge < -0.3 is 15.0 Å². The molecule has 1 aliphatic heterocycles. The van der Waals surface area contributed by atoms with Gasteiger partial charge in [0.25, 0.3) is 0 Å². The van der Waals surface area contributed by atoms with Crippen molar-refractivity contribution >= 4 is 23.4 Å². The van der Waals surface area contributed by atoms with E-state index in [-0.39, 0.29) is 24.0 Å². The summed E-state index contributed by atoms with van der Waals surface area (Å²) in [5, 5.41) is 12.4. The number of nitriles is 1. The molecule has 0 saturated heterocycles. The second kappa shape index (κ2) is 9.40. The summed E-state index contributed by atoms with van der Waals surface area (Å²) in [5.74, 6) is 0.218. The monoisotopic (exact) mass is 406 g/mol. The van der Waals surface area contributed by atoms with Gasteiger partial charge in [0.15, 0.2) is 0 Å². The molecule has 7 nitrogen and oxygen atoms in total. The second-order valence-electron chi connectivity index (χ2n) is 7.48. The van der Waals surface area contributed by atoms with Crippen LogP contribution in [-0.4, -0.2) is 29.5 Å². The molecule has 0 saturated carbocycles. The number of unbranched alkanes of at least 4 members (excludes halogenated alkanes) is 1. The lowest BCUT2D eigenvalue weighted by Crippen LogP contribution is -2.43. The van der Waals surface area contributed by atoms with Gasteiger partial charge in [0, 0.05) is 24.8 Å². The Balaban J connectivity index is 1.93. The molecule has 2 aromatic rings. The first-order chi connectivity index (χ1) is 14.4. The van der Waals surface area contributed by atoms with Crippen LogP contribution >= 0.6 is 0 Å². The minimum absolute atomic E-state index is 0.0202. The summed E-state index contributed by atoms with van der Waals surface area (Å²) in [6, 6.07) is 10.7. The van der Waals surface area contributed by atoms with Gasteiger partial charge in [0.2, 0.25) is 5.91 Å². The minimum Gasteiger partial charge on any atom is -0.462 e. The summed E-state index contributed by atoms with van der Waals surface area (Å²) in [7, 11) is 0. The maximum atomic E-state index is 12.5. The fourth-order valence-electron chi connectivity index (χ4n) is 3.72. The van der Waals surface area contributed by atoms with Crippen molar-refractivity contribution in [2.45, 2.75) is 52.1 Å². The van der Waals surface area contributed by atoms with Crippen molar-refractivity contribution in [2.24, 2.45) is 0 Å². The maximum Gasteiger partial charge on any atom is 0.338 e. The highest BCUT2D eigenvalue weighted by Gasteiger charge is 2.33. The number of benzene rings is 1. The number of fused-ring (bicyclic) bond motifs is 1. The number of nitrogens with zero attached hydrogens (tertiary/aromatic N) is 3. The summed E-state index contributed by atoms with van der Waals surface area (Å²) in [5.41, 5.74) is 2.57. The first kappa shape index (κ1) is 21.3. The molecule has 0 unspecified atom stereocenters. The number of anilines is 2. The number of ether oxygens (including phenoxy) is 1. The van der Waals surface area contributed by atoms with Gasteiger partial charge in [0.1, 0.15) is 11.9 Å². The highest BCUT2D eigenvalue weighted by Crippen LogP contribution is 2.39. The Bertz CT molecular complexity index is 965. The van der Waals surface area contributed by atoms with E-state index in [0.717, 1.165) is 24.1 Å². The molecule has 7 heteroatoms. The van der Waals surface area contributed by atoms with E-state index in [1.807, 2.05) is 19.9 Å². The van der Waals surface area contributed by atoms with Crippen LogP contribution in [0.25, 0.3) is 0 Å². The largest absolute Gasteiger partial charge is 0.462 e. The highest BCUT2D eigenvalue weighted by atomic mass is 16.5. The number of rotatable bonds is 6. The van der Waals surface area contributed by atoms with Crippen LogP contribution in [-0.2, 0) is 9.53 Å². The van der Waals surface area contributed by atoms with Gasteiger partial charge >= 0.3 is 5.97 Å². The minimum atomic E-state index is -0.366. The van der Waals surface area contributed by atoms with Gasteiger partial charge in [-0.3, -0.25) is 4.79 Å². The third kappa shape index (κ3) is 4.60. The molecule has 1 amide bonds. The molecule has 0 radical (unpaired) electrons. The Hall–Kier alpha value is -3.40. The third-order valence-corrected chi connectivity index (χ3v) is 5.20. The number of carbonyl (C=O) groups excluding carboxylic acids is 2. The van der Waals surface area contributed by atoms with Crippen LogP contribution in [0.2, 0.25) is 0 Å². The molecule has 2 atom stereocenters. The molecular weight excluding hydrogens is 380 g/mol. The van der Waals surface area contributed by atoms with E-state index >= 15 is 0 Å². The molecule has 0 fully saturated rings. The van der Waals surface area contributed by atoms with Gasteiger partial charge in [-0.15, -0.1) is 0 Å². The number of carbonyl (C=O) groups is 2. The van der Waals surface area contributed by atoms with E-state index in [1.54, 1.807) is 36.1 Å². The molecule has 0 spiro atoms. The van der Waals surface area contributed by atoms with Crippen molar-refractivity contribution in [3.63, 3.8) is 0 Å². The van der Waals surface area contributed by atoms with Crippen molar-refractivity contribution < 1.29 is 14.3 Å². The Morgan fingerprint density at radius 3 is 2.77 bits per heavy atom. The molecule has 1 aliphatic rings. The van der Waals surface area contributed by atoms with Crippen LogP contribution in [0.15, 0.2) is 36.5 Å². The Morgan fingerprint density at radius 1 is 1.33 bits per heavy atom. The van der Waals surface area contributed by atoms with Gasteiger partial charge in [-0.05, 0) is 55.7 Å². The zero-order chi connectivity index (χ0) is 21.7. The van der Waals surface area contributed by atoms with E-state index in [4.69, 9.17) is 10.00 Å². The molecule has 1 N–H and O–H groups in total. The zero-order valence-corrected chi connectivity index (χ0v) is 17.5. The summed E-state index contributed by atoms with van der Waals surface area (Å²) in [6.07, 6.45) is 3.94. The lowest BCUT2D eigenvalue weighted by molar-refractivity contribution is -0.117.